The van der Waals surface area contributed by atoms with Crippen molar-refractivity contribution in [1.82, 2.24) is 4.98 Å². The number of hydrogen-bond acceptors (Lipinski definition) is 5. The minimum absolute atomic E-state index is 0.166. The standard InChI is InChI=1S/C13H15NO2S2/c1-3-8-16-12(15)9(2)17-13-14-10-6-4-5-7-11(10)18-13/h4-7,9H,3,8H2,1-2H3. The van der Waals surface area contributed by atoms with Crippen LogP contribution in [0.15, 0.2) is 28.6 Å². The summed E-state index contributed by atoms with van der Waals surface area (Å²) in [6.07, 6.45) is 0.851. The van der Waals surface area contributed by atoms with Gasteiger partial charge in [-0.3, -0.25) is 4.79 Å². The maximum absolute atomic E-state index is 11.7. The summed E-state index contributed by atoms with van der Waals surface area (Å²) in [5.41, 5.74) is 0.985. The third kappa shape index (κ3) is 3.23. The molecular formula is C13H15NO2S2. The van der Waals surface area contributed by atoms with Crippen LogP contribution in [0, 0.1) is 0 Å². The number of carbonyl (C=O) groups excluding carboxylic acids is 1. The van der Waals surface area contributed by atoms with Crippen LogP contribution in [0.3, 0.4) is 0 Å². The molecule has 1 unspecified atom stereocenters. The molecule has 0 N–H and O–H groups in total. The van der Waals surface area contributed by atoms with Gasteiger partial charge in [0.05, 0.1) is 16.8 Å². The fourth-order valence-corrected chi connectivity index (χ4v) is 3.63. The van der Waals surface area contributed by atoms with Gasteiger partial charge in [-0.05, 0) is 25.5 Å². The van der Waals surface area contributed by atoms with Crippen molar-refractivity contribution in [3.8, 4) is 0 Å². The molecule has 0 aliphatic carbocycles. The van der Waals surface area contributed by atoms with E-state index in [0.29, 0.717) is 6.61 Å². The topological polar surface area (TPSA) is 39.2 Å². The highest BCUT2D eigenvalue weighted by Gasteiger charge is 2.17. The van der Waals surface area contributed by atoms with Crippen molar-refractivity contribution in [3.63, 3.8) is 0 Å². The van der Waals surface area contributed by atoms with E-state index in [1.807, 2.05) is 38.1 Å². The van der Waals surface area contributed by atoms with Crippen molar-refractivity contribution >= 4 is 39.3 Å². The molecule has 0 saturated heterocycles. The molecule has 1 atom stereocenters. The molecule has 0 spiro atoms. The van der Waals surface area contributed by atoms with Crippen molar-refractivity contribution in [2.24, 2.45) is 0 Å². The van der Waals surface area contributed by atoms with Gasteiger partial charge in [0.2, 0.25) is 0 Å². The number of rotatable bonds is 5. The van der Waals surface area contributed by atoms with Crippen molar-refractivity contribution in [3.05, 3.63) is 24.3 Å². The summed E-state index contributed by atoms with van der Waals surface area (Å²) >= 11 is 3.07. The van der Waals surface area contributed by atoms with E-state index in [1.54, 1.807) is 11.3 Å². The van der Waals surface area contributed by atoms with E-state index in [4.69, 9.17) is 4.74 Å². The molecule has 0 bridgehead atoms. The Labute approximate surface area is 115 Å². The van der Waals surface area contributed by atoms with Crippen LogP contribution in [0.1, 0.15) is 20.3 Å². The molecule has 1 heterocycles. The number of ether oxygens (including phenoxy) is 1. The van der Waals surface area contributed by atoms with Crippen LogP contribution in [0.2, 0.25) is 0 Å². The van der Waals surface area contributed by atoms with Crippen LogP contribution in [0.4, 0.5) is 0 Å². The van der Waals surface area contributed by atoms with Gasteiger partial charge in [0.15, 0.2) is 4.34 Å². The molecule has 1 aromatic heterocycles. The van der Waals surface area contributed by atoms with Crippen molar-refractivity contribution in [2.75, 3.05) is 6.61 Å². The summed E-state index contributed by atoms with van der Waals surface area (Å²) < 4.78 is 7.18. The largest absolute Gasteiger partial charge is 0.465 e. The highest BCUT2D eigenvalue weighted by Crippen LogP contribution is 2.32. The van der Waals surface area contributed by atoms with E-state index in [1.165, 1.54) is 11.8 Å². The number of thiazole rings is 1. The molecule has 0 aliphatic rings. The Morgan fingerprint density at radius 2 is 2.28 bits per heavy atom. The van der Waals surface area contributed by atoms with Gasteiger partial charge in [-0.2, -0.15) is 0 Å². The number of benzene rings is 1. The highest BCUT2D eigenvalue weighted by atomic mass is 32.2. The molecule has 96 valence electrons. The molecule has 1 aromatic carbocycles. The van der Waals surface area contributed by atoms with Crippen molar-refractivity contribution in [1.29, 1.82) is 0 Å². The zero-order chi connectivity index (χ0) is 13.0. The lowest BCUT2D eigenvalue weighted by Crippen LogP contribution is -2.17. The zero-order valence-corrected chi connectivity index (χ0v) is 12.0. The van der Waals surface area contributed by atoms with E-state index in [0.717, 1.165) is 21.0 Å². The van der Waals surface area contributed by atoms with Gasteiger partial charge in [0, 0.05) is 0 Å². The van der Waals surface area contributed by atoms with Gasteiger partial charge in [-0.1, -0.05) is 30.8 Å². The molecule has 18 heavy (non-hydrogen) atoms. The third-order valence-electron chi connectivity index (χ3n) is 2.33. The molecule has 5 heteroatoms. The molecule has 0 amide bonds. The summed E-state index contributed by atoms with van der Waals surface area (Å²) in [5, 5.41) is -0.211. The Morgan fingerprint density at radius 3 is 3.00 bits per heavy atom. The zero-order valence-electron chi connectivity index (χ0n) is 10.4. The second-order valence-corrected chi connectivity index (χ2v) is 6.49. The predicted octanol–water partition coefficient (Wildman–Crippen LogP) is 3.73. The third-order valence-corrected chi connectivity index (χ3v) is 4.54. The minimum Gasteiger partial charge on any atom is -0.465 e. The first-order chi connectivity index (χ1) is 8.70. The van der Waals surface area contributed by atoms with Gasteiger partial charge >= 0.3 is 5.97 Å². The number of fused-ring (bicyclic) bond motifs is 1. The second-order valence-electron chi connectivity index (χ2n) is 3.88. The van der Waals surface area contributed by atoms with Crippen LogP contribution in [-0.4, -0.2) is 22.8 Å². The van der Waals surface area contributed by atoms with Crippen molar-refractivity contribution < 1.29 is 9.53 Å². The first-order valence-electron chi connectivity index (χ1n) is 5.89. The molecule has 0 aliphatic heterocycles. The molecule has 3 nitrogen and oxygen atoms in total. The molecule has 0 saturated carbocycles. The van der Waals surface area contributed by atoms with Crippen LogP contribution >= 0.6 is 23.1 Å². The fraction of sp³-hybridized carbons (Fsp3) is 0.385. The predicted molar refractivity (Wildman–Crippen MR) is 76.2 cm³/mol. The summed E-state index contributed by atoms with van der Waals surface area (Å²) in [6.45, 7) is 4.33. The average Bonchev–Trinajstić information content (AvgIpc) is 2.77. The lowest BCUT2D eigenvalue weighted by Gasteiger charge is -2.08. The van der Waals surface area contributed by atoms with Gasteiger partial charge in [0.25, 0.3) is 0 Å². The lowest BCUT2D eigenvalue weighted by atomic mass is 10.3. The molecular weight excluding hydrogens is 266 g/mol. The summed E-state index contributed by atoms with van der Waals surface area (Å²) in [7, 11) is 0. The molecule has 2 aromatic rings. The number of carbonyl (C=O) groups is 1. The number of nitrogens with zero attached hydrogens (tertiary/aromatic N) is 1. The summed E-state index contributed by atoms with van der Waals surface area (Å²) in [6, 6.07) is 7.98. The summed E-state index contributed by atoms with van der Waals surface area (Å²) in [4.78, 5) is 16.1. The fourth-order valence-electron chi connectivity index (χ4n) is 1.42. The monoisotopic (exact) mass is 281 g/mol. The van der Waals surface area contributed by atoms with Gasteiger partial charge in [-0.15, -0.1) is 11.3 Å². The maximum Gasteiger partial charge on any atom is 0.319 e. The van der Waals surface area contributed by atoms with E-state index < -0.39 is 0 Å². The molecule has 0 radical (unpaired) electrons. The first kappa shape index (κ1) is 13.4. The van der Waals surface area contributed by atoms with E-state index in [2.05, 4.69) is 4.98 Å². The summed E-state index contributed by atoms with van der Waals surface area (Å²) in [5.74, 6) is -0.166. The highest BCUT2D eigenvalue weighted by molar-refractivity contribution is 8.02. The first-order valence-corrected chi connectivity index (χ1v) is 7.59. The quantitative estimate of drug-likeness (QED) is 0.618. The normalized spacial score (nSPS) is 12.6. The number of aromatic nitrogens is 1. The number of para-hydroxylation sites is 1. The number of hydrogen-bond donors (Lipinski definition) is 0. The van der Waals surface area contributed by atoms with Gasteiger partial charge < -0.3 is 4.74 Å². The second kappa shape index (κ2) is 6.20. The Balaban J connectivity index is 2.02. The smallest absolute Gasteiger partial charge is 0.319 e. The Kier molecular flexibility index (Phi) is 4.60. The number of thioether (sulfide) groups is 1. The maximum atomic E-state index is 11.7. The Bertz CT molecular complexity index is 506. The minimum atomic E-state index is -0.211. The van der Waals surface area contributed by atoms with Crippen LogP contribution in [-0.2, 0) is 9.53 Å². The van der Waals surface area contributed by atoms with Crippen molar-refractivity contribution in [2.45, 2.75) is 29.9 Å². The van der Waals surface area contributed by atoms with Gasteiger partial charge in [-0.25, -0.2) is 4.98 Å². The van der Waals surface area contributed by atoms with Crippen LogP contribution < -0.4 is 0 Å². The Hall–Kier alpha value is -1.07. The van der Waals surface area contributed by atoms with Crippen LogP contribution in [0.5, 0.6) is 0 Å². The van der Waals surface area contributed by atoms with Crippen LogP contribution in [0.25, 0.3) is 10.2 Å². The number of esters is 1. The Morgan fingerprint density at radius 1 is 1.50 bits per heavy atom. The SMILES string of the molecule is CCCOC(=O)C(C)Sc1nc2ccccc2s1. The molecule has 2 rings (SSSR count). The van der Waals surface area contributed by atoms with E-state index in [9.17, 15) is 4.79 Å². The molecule has 0 fully saturated rings. The average molecular weight is 281 g/mol. The van der Waals surface area contributed by atoms with Gasteiger partial charge in [0.1, 0.15) is 5.25 Å². The lowest BCUT2D eigenvalue weighted by molar-refractivity contribution is -0.142. The van der Waals surface area contributed by atoms with E-state index >= 15 is 0 Å². The van der Waals surface area contributed by atoms with E-state index in [-0.39, 0.29) is 11.2 Å².